The summed E-state index contributed by atoms with van der Waals surface area (Å²) < 4.78 is 40.7. The van der Waals surface area contributed by atoms with Crippen molar-refractivity contribution in [3.63, 3.8) is 0 Å². The maximum atomic E-state index is 12.7. The van der Waals surface area contributed by atoms with Crippen molar-refractivity contribution in [2.24, 2.45) is 7.05 Å². The number of thioether (sulfide) groups is 1. The van der Waals surface area contributed by atoms with Gasteiger partial charge in [0.2, 0.25) is 11.7 Å². The molecule has 1 N–H and O–H groups in total. The smallest absolute Gasteiger partial charge is 0.310 e. The molecule has 0 atom stereocenters. The molecule has 0 bridgehead atoms. The summed E-state index contributed by atoms with van der Waals surface area (Å²) in [6.45, 7) is 0. The van der Waals surface area contributed by atoms with E-state index in [1.807, 2.05) is 0 Å². The number of rotatable bonds is 5. The second kappa shape index (κ2) is 7.06. The third-order valence-electron chi connectivity index (χ3n) is 4.03. The van der Waals surface area contributed by atoms with E-state index in [9.17, 15) is 18.0 Å². The van der Waals surface area contributed by atoms with Gasteiger partial charge in [-0.15, -0.1) is 10.2 Å². The van der Waals surface area contributed by atoms with Gasteiger partial charge in [-0.3, -0.25) is 4.79 Å². The summed E-state index contributed by atoms with van der Waals surface area (Å²) in [7, 11) is 1.22. The largest absolute Gasteiger partial charge is 0.451 e. The fraction of sp³-hybridized carbons (Fsp3) is 0.571. The summed E-state index contributed by atoms with van der Waals surface area (Å²) in [4.78, 5) is 12.1. The summed E-state index contributed by atoms with van der Waals surface area (Å²) in [5, 5.41) is 13.7. The maximum Gasteiger partial charge on any atom is 0.451 e. The minimum Gasteiger partial charge on any atom is -0.310 e. The first-order chi connectivity index (χ1) is 11.9. The number of nitrogens with one attached hydrogen (secondary N) is 1. The van der Waals surface area contributed by atoms with E-state index in [1.54, 1.807) is 16.9 Å². The molecule has 1 fully saturated rings. The van der Waals surface area contributed by atoms with E-state index in [1.165, 1.54) is 7.05 Å². The highest BCUT2D eigenvalue weighted by Gasteiger charge is 2.37. The number of aromatic nitrogens is 5. The lowest BCUT2D eigenvalue weighted by Gasteiger charge is -2.14. The zero-order chi connectivity index (χ0) is 18.0. The van der Waals surface area contributed by atoms with Gasteiger partial charge in [-0.2, -0.15) is 18.3 Å². The molecule has 1 aliphatic carbocycles. The first kappa shape index (κ1) is 17.8. The average Bonchev–Trinajstić information content (AvgIpc) is 3.24. The predicted octanol–water partition coefficient (Wildman–Crippen LogP) is 2.88. The van der Waals surface area contributed by atoms with Gasteiger partial charge in [0.1, 0.15) is 5.82 Å². The number of hydrogen-bond acceptors (Lipinski definition) is 5. The summed E-state index contributed by atoms with van der Waals surface area (Å²) in [5.74, 6) is -0.887. The number of alkyl halides is 3. The van der Waals surface area contributed by atoms with E-state index in [4.69, 9.17) is 0 Å². The topological polar surface area (TPSA) is 77.6 Å². The molecule has 136 valence electrons. The lowest BCUT2D eigenvalue weighted by atomic mass is 10.2. The van der Waals surface area contributed by atoms with Gasteiger partial charge in [0.15, 0.2) is 5.16 Å². The monoisotopic (exact) mass is 374 g/mol. The first-order valence-electron chi connectivity index (χ1n) is 7.79. The van der Waals surface area contributed by atoms with Crippen LogP contribution in [0.1, 0.15) is 37.5 Å². The van der Waals surface area contributed by atoms with Crippen LogP contribution in [0.2, 0.25) is 0 Å². The van der Waals surface area contributed by atoms with Crippen molar-refractivity contribution in [1.29, 1.82) is 0 Å². The number of hydrogen-bond donors (Lipinski definition) is 1. The highest BCUT2D eigenvalue weighted by Crippen LogP contribution is 2.32. The molecule has 0 aromatic carbocycles. The van der Waals surface area contributed by atoms with Crippen LogP contribution in [0.5, 0.6) is 0 Å². The van der Waals surface area contributed by atoms with Gasteiger partial charge in [-0.25, -0.2) is 4.68 Å². The molecule has 1 saturated carbocycles. The molecule has 2 aromatic heterocycles. The Hall–Kier alpha value is -2.04. The zero-order valence-electron chi connectivity index (χ0n) is 13.5. The van der Waals surface area contributed by atoms with Crippen LogP contribution in [0.25, 0.3) is 0 Å². The molecule has 1 amide bonds. The van der Waals surface area contributed by atoms with Crippen LogP contribution in [0.15, 0.2) is 17.4 Å². The van der Waals surface area contributed by atoms with Crippen molar-refractivity contribution >= 4 is 23.5 Å². The first-order valence-corrected chi connectivity index (χ1v) is 8.77. The van der Waals surface area contributed by atoms with Gasteiger partial charge >= 0.3 is 6.18 Å². The van der Waals surface area contributed by atoms with Crippen molar-refractivity contribution in [3.8, 4) is 0 Å². The fourth-order valence-electron chi connectivity index (χ4n) is 2.85. The molecule has 0 spiro atoms. The number of amides is 1. The number of nitrogens with zero attached hydrogens (tertiary/aromatic N) is 5. The molecule has 2 aromatic rings. The Morgan fingerprint density at radius 1 is 1.36 bits per heavy atom. The Morgan fingerprint density at radius 2 is 2.08 bits per heavy atom. The van der Waals surface area contributed by atoms with Crippen LogP contribution >= 0.6 is 11.8 Å². The van der Waals surface area contributed by atoms with Crippen molar-refractivity contribution in [3.05, 3.63) is 18.1 Å². The van der Waals surface area contributed by atoms with Crippen LogP contribution in [0.3, 0.4) is 0 Å². The second-order valence-corrected chi connectivity index (χ2v) is 6.74. The van der Waals surface area contributed by atoms with Crippen molar-refractivity contribution < 1.29 is 18.0 Å². The van der Waals surface area contributed by atoms with Crippen LogP contribution in [-0.2, 0) is 18.0 Å². The Bertz CT molecular complexity index is 750. The SMILES string of the molecule is Cn1c(SCC(=O)Nc2ccnn2C2CCCC2)nnc1C(F)(F)F. The van der Waals surface area contributed by atoms with E-state index in [0.29, 0.717) is 5.82 Å². The Morgan fingerprint density at radius 3 is 2.72 bits per heavy atom. The fourth-order valence-corrected chi connectivity index (χ4v) is 3.56. The third kappa shape index (κ3) is 3.97. The van der Waals surface area contributed by atoms with Gasteiger partial charge in [0.05, 0.1) is 18.0 Å². The summed E-state index contributed by atoms with van der Waals surface area (Å²) in [6, 6.07) is 2.00. The van der Waals surface area contributed by atoms with E-state index in [0.717, 1.165) is 42.0 Å². The lowest BCUT2D eigenvalue weighted by Crippen LogP contribution is -2.19. The minimum absolute atomic E-state index is 0.0341. The predicted molar refractivity (Wildman–Crippen MR) is 85.1 cm³/mol. The molecule has 1 aliphatic rings. The van der Waals surface area contributed by atoms with Crippen LogP contribution in [0, 0.1) is 0 Å². The normalized spacial score (nSPS) is 15.7. The van der Waals surface area contributed by atoms with E-state index in [-0.39, 0.29) is 22.9 Å². The summed E-state index contributed by atoms with van der Waals surface area (Å²) >= 11 is 0.900. The second-order valence-electron chi connectivity index (χ2n) is 5.80. The van der Waals surface area contributed by atoms with Gasteiger partial charge in [0, 0.05) is 13.1 Å². The molecule has 11 heteroatoms. The molecule has 25 heavy (non-hydrogen) atoms. The van der Waals surface area contributed by atoms with Crippen molar-refractivity contribution in [2.45, 2.75) is 43.1 Å². The van der Waals surface area contributed by atoms with Gasteiger partial charge in [-0.1, -0.05) is 24.6 Å². The van der Waals surface area contributed by atoms with E-state index < -0.39 is 12.0 Å². The standard InChI is InChI=1S/C14H17F3N6OS/c1-22-12(14(15,16)17)20-21-13(22)25-8-11(24)19-10-6-7-18-23(10)9-4-2-3-5-9/h6-7,9H,2-5,8H2,1H3,(H,19,24). The molecule has 0 unspecified atom stereocenters. The highest BCUT2D eigenvalue weighted by atomic mass is 32.2. The molecule has 0 radical (unpaired) electrons. The summed E-state index contributed by atoms with van der Waals surface area (Å²) in [5.41, 5.74) is 0. The number of anilines is 1. The molecular weight excluding hydrogens is 357 g/mol. The van der Waals surface area contributed by atoms with E-state index in [2.05, 4.69) is 20.6 Å². The molecule has 3 rings (SSSR count). The van der Waals surface area contributed by atoms with Crippen molar-refractivity contribution in [1.82, 2.24) is 24.5 Å². The number of carbonyl (C=O) groups excluding carboxylic acids is 1. The zero-order valence-corrected chi connectivity index (χ0v) is 14.3. The quantitative estimate of drug-likeness (QED) is 0.815. The van der Waals surface area contributed by atoms with Gasteiger partial charge in [-0.05, 0) is 12.8 Å². The van der Waals surface area contributed by atoms with Crippen molar-refractivity contribution in [2.75, 3.05) is 11.1 Å². The molecule has 0 aliphatic heterocycles. The molecular formula is C14H17F3N6OS. The third-order valence-corrected chi connectivity index (χ3v) is 5.05. The van der Waals surface area contributed by atoms with Crippen LogP contribution in [0.4, 0.5) is 19.0 Å². The summed E-state index contributed by atoms with van der Waals surface area (Å²) in [6.07, 6.45) is 1.38. The lowest BCUT2D eigenvalue weighted by molar-refractivity contribution is -0.147. The van der Waals surface area contributed by atoms with E-state index >= 15 is 0 Å². The molecule has 7 nitrogen and oxygen atoms in total. The highest BCUT2D eigenvalue weighted by molar-refractivity contribution is 7.99. The van der Waals surface area contributed by atoms with Crippen LogP contribution < -0.4 is 5.32 Å². The number of carbonyl (C=O) groups is 1. The number of halogens is 3. The van der Waals surface area contributed by atoms with Crippen LogP contribution in [-0.4, -0.2) is 36.2 Å². The Kier molecular flexibility index (Phi) is 5.02. The van der Waals surface area contributed by atoms with Gasteiger partial charge < -0.3 is 9.88 Å². The Balaban J connectivity index is 1.59. The molecule has 2 heterocycles. The average molecular weight is 374 g/mol. The Labute approximate surface area is 146 Å². The maximum absolute atomic E-state index is 12.7. The molecule has 0 saturated heterocycles. The van der Waals surface area contributed by atoms with Gasteiger partial charge in [0.25, 0.3) is 0 Å². The minimum atomic E-state index is -4.57.